The summed E-state index contributed by atoms with van der Waals surface area (Å²) in [5, 5.41) is 9.28. The van der Waals surface area contributed by atoms with Crippen molar-refractivity contribution in [2.75, 3.05) is 19.6 Å². The number of hydrogen-bond donors (Lipinski definition) is 1. The average molecular weight is 344 g/mol. The number of likely N-dealkylation sites (tertiary alicyclic amines) is 2. The van der Waals surface area contributed by atoms with Gasteiger partial charge in [0.2, 0.25) is 5.91 Å². The number of carbonyl (C=O) groups excluding carboxylic acids is 2. The van der Waals surface area contributed by atoms with E-state index in [9.17, 15) is 19.5 Å². The van der Waals surface area contributed by atoms with Crippen LogP contribution in [0.15, 0.2) is 24.3 Å². The number of rotatable bonds is 3. The molecule has 0 aromatic heterocycles. The SMILES string of the molecule is Cc1ccc(C(=O)N2CCCC(C(=O)N3CCC[C@H]3C(=O)O)C2)cc1. The molecule has 2 saturated heterocycles. The van der Waals surface area contributed by atoms with Crippen molar-refractivity contribution in [1.29, 1.82) is 0 Å². The highest BCUT2D eigenvalue weighted by atomic mass is 16.4. The second-order valence-corrected chi connectivity index (χ2v) is 6.98. The van der Waals surface area contributed by atoms with E-state index >= 15 is 0 Å². The summed E-state index contributed by atoms with van der Waals surface area (Å²) in [7, 11) is 0. The van der Waals surface area contributed by atoms with Crippen molar-refractivity contribution in [2.24, 2.45) is 5.92 Å². The van der Waals surface area contributed by atoms with Gasteiger partial charge in [0, 0.05) is 25.2 Å². The molecule has 2 atom stereocenters. The largest absolute Gasteiger partial charge is 0.480 e. The maximum absolute atomic E-state index is 12.8. The van der Waals surface area contributed by atoms with E-state index in [2.05, 4.69) is 0 Å². The zero-order chi connectivity index (χ0) is 18.0. The second-order valence-electron chi connectivity index (χ2n) is 6.98. The first-order valence-corrected chi connectivity index (χ1v) is 8.86. The molecule has 2 aliphatic heterocycles. The molecule has 0 aliphatic carbocycles. The summed E-state index contributed by atoms with van der Waals surface area (Å²) >= 11 is 0. The van der Waals surface area contributed by atoms with Gasteiger partial charge in [-0.25, -0.2) is 4.79 Å². The maximum Gasteiger partial charge on any atom is 0.326 e. The lowest BCUT2D eigenvalue weighted by atomic mass is 9.95. The maximum atomic E-state index is 12.8. The highest BCUT2D eigenvalue weighted by Gasteiger charge is 2.39. The minimum atomic E-state index is -0.936. The molecule has 25 heavy (non-hydrogen) atoms. The van der Waals surface area contributed by atoms with Gasteiger partial charge in [-0.05, 0) is 44.7 Å². The van der Waals surface area contributed by atoms with Crippen LogP contribution in [0, 0.1) is 12.8 Å². The van der Waals surface area contributed by atoms with Crippen LogP contribution in [-0.4, -0.2) is 58.4 Å². The van der Waals surface area contributed by atoms with Crippen molar-refractivity contribution < 1.29 is 19.5 Å². The molecule has 2 amide bonds. The third-order valence-electron chi connectivity index (χ3n) is 5.18. The number of benzene rings is 1. The van der Waals surface area contributed by atoms with Gasteiger partial charge >= 0.3 is 5.97 Å². The van der Waals surface area contributed by atoms with Gasteiger partial charge in [-0.3, -0.25) is 9.59 Å². The summed E-state index contributed by atoms with van der Waals surface area (Å²) in [6.07, 6.45) is 2.71. The second kappa shape index (κ2) is 7.25. The Hall–Kier alpha value is -2.37. The molecule has 2 aliphatic rings. The molecule has 2 fully saturated rings. The molecule has 0 radical (unpaired) electrons. The topological polar surface area (TPSA) is 77.9 Å². The Morgan fingerprint density at radius 1 is 1.04 bits per heavy atom. The van der Waals surface area contributed by atoms with E-state index < -0.39 is 12.0 Å². The van der Waals surface area contributed by atoms with Gasteiger partial charge in [-0.15, -0.1) is 0 Å². The van der Waals surface area contributed by atoms with Gasteiger partial charge in [0.1, 0.15) is 6.04 Å². The smallest absolute Gasteiger partial charge is 0.326 e. The lowest BCUT2D eigenvalue weighted by Gasteiger charge is -2.35. The van der Waals surface area contributed by atoms with Crippen molar-refractivity contribution in [3.63, 3.8) is 0 Å². The number of nitrogens with zero attached hydrogens (tertiary/aromatic N) is 2. The minimum Gasteiger partial charge on any atom is -0.480 e. The average Bonchev–Trinajstić information content (AvgIpc) is 3.11. The van der Waals surface area contributed by atoms with Crippen LogP contribution < -0.4 is 0 Å². The number of carbonyl (C=O) groups is 3. The van der Waals surface area contributed by atoms with E-state index in [1.165, 1.54) is 4.90 Å². The number of carboxylic acids is 1. The Labute approximate surface area is 147 Å². The molecule has 0 saturated carbocycles. The number of carboxylic acid groups (broad SMARTS) is 1. The van der Waals surface area contributed by atoms with Crippen LogP contribution >= 0.6 is 0 Å². The van der Waals surface area contributed by atoms with Crippen molar-refractivity contribution in [3.8, 4) is 0 Å². The van der Waals surface area contributed by atoms with E-state index in [1.807, 2.05) is 31.2 Å². The highest BCUT2D eigenvalue weighted by molar-refractivity contribution is 5.95. The summed E-state index contributed by atoms with van der Waals surface area (Å²) < 4.78 is 0. The van der Waals surface area contributed by atoms with E-state index in [1.54, 1.807) is 4.90 Å². The summed E-state index contributed by atoms with van der Waals surface area (Å²) in [4.78, 5) is 40.0. The van der Waals surface area contributed by atoms with Crippen LogP contribution in [0.1, 0.15) is 41.6 Å². The number of aliphatic carboxylic acids is 1. The van der Waals surface area contributed by atoms with Crippen molar-refractivity contribution in [2.45, 2.75) is 38.6 Å². The Morgan fingerprint density at radius 3 is 2.40 bits per heavy atom. The molecule has 1 aromatic carbocycles. The Morgan fingerprint density at radius 2 is 1.72 bits per heavy atom. The fourth-order valence-corrected chi connectivity index (χ4v) is 3.76. The first kappa shape index (κ1) is 17.5. The molecule has 1 N–H and O–H groups in total. The van der Waals surface area contributed by atoms with Gasteiger partial charge in [-0.2, -0.15) is 0 Å². The summed E-state index contributed by atoms with van der Waals surface area (Å²) in [6.45, 7) is 3.48. The number of amides is 2. The number of hydrogen-bond acceptors (Lipinski definition) is 3. The zero-order valence-electron chi connectivity index (χ0n) is 14.5. The predicted octanol–water partition coefficient (Wildman–Crippen LogP) is 1.92. The Kier molecular flexibility index (Phi) is 5.06. The number of piperidine rings is 1. The lowest BCUT2D eigenvalue weighted by Crippen LogP contribution is -2.49. The normalized spacial score (nSPS) is 23.6. The quantitative estimate of drug-likeness (QED) is 0.909. The molecular weight excluding hydrogens is 320 g/mol. The predicted molar refractivity (Wildman–Crippen MR) is 92.2 cm³/mol. The molecule has 6 nitrogen and oxygen atoms in total. The third-order valence-corrected chi connectivity index (χ3v) is 5.18. The molecular formula is C19H24N2O4. The van der Waals surface area contributed by atoms with E-state index in [4.69, 9.17) is 0 Å². The van der Waals surface area contributed by atoms with Gasteiger partial charge in [0.25, 0.3) is 5.91 Å². The van der Waals surface area contributed by atoms with Gasteiger partial charge in [0.15, 0.2) is 0 Å². The fourth-order valence-electron chi connectivity index (χ4n) is 3.76. The number of aryl methyl sites for hydroxylation is 1. The van der Waals surface area contributed by atoms with Crippen molar-refractivity contribution in [3.05, 3.63) is 35.4 Å². The summed E-state index contributed by atoms with van der Waals surface area (Å²) in [6, 6.07) is 6.72. The molecule has 1 aromatic rings. The summed E-state index contributed by atoms with van der Waals surface area (Å²) in [5.74, 6) is -1.42. The van der Waals surface area contributed by atoms with Gasteiger partial charge in [-0.1, -0.05) is 17.7 Å². The summed E-state index contributed by atoms with van der Waals surface area (Å²) in [5.41, 5.74) is 1.72. The molecule has 3 rings (SSSR count). The molecule has 134 valence electrons. The van der Waals surface area contributed by atoms with Crippen LogP contribution in [-0.2, 0) is 9.59 Å². The molecule has 0 spiro atoms. The fraction of sp³-hybridized carbons (Fsp3) is 0.526. The zero-order valence-corrected chi connectivity index (χ0v) is 14.5. The lowest BCUT2D eigenvalue weighted by molar-refractivity contribution is -0.150. The first-order valence-electron chi connectivity index (χ1n) is 8.86. The van der Waals surface area contributed by atoms with Crippen LogP contribution in [0.2, 0.25) is 0 Å². The first-order chi connectivity index (χ1) is 12.0. The van der Waals surface area contributed by atoms with Crippen LogP contribution in [0.5, 0.6) is 0 Å². The van der Waals surface area contributed by atoms with Crippen LogP contribution in [0.4, 0.5) is 0 Å². The molecule has 0 bridgehead atoms. The van der Waals surface area contributed by atoms with E-state index in [-0.39, 0.29) is 17.7 Å². The molecule has 6 heteroatoms. The highest BCUT2D eigenvalue weighted by Crippen LogP contribution is 2.25. The van der Waals surface area contributed by atoms with E-state index in [0.29, 0.717) is 38.0 Å². The molecule has 2 heterocycles. The van der Waals surface area contributed by atoms with Crippen molar-refractivity contribution >= 4 is 17.8 Å². The third kappa shape index (κ3) is 3.67. The monoisotopic (exact) mass is 344 g/mol. The Bertz CT molecular complexity index is 671. The van der Waals surface area contributed by atoms with Gasteiger partial charge in [0.05, 0.1) is 5.92 Å². The molecule has 1 unspecified atom stereocenters. The van der Waals surface area contributed by atoms with Crippen LogP contribution in [0.25, 0.3) is 0 Å². The standard InChI is InChI=1S/C19H24N2O4/c1-13-6-8-14(9-7-13)17(22)20-10-2-4-15(12-20)18(23)21-11-3-5-16(21)19(24)25/h6-9,15-16H,2-5,10-12H2,1H3,(H,24,25)/t15?,16-/m0/s1. The van der Waals surface area contributed by atoms with E-state index in [0.717, 1.165) is 18.4 Å². The van der Waals surface area contributed by atoms with Crippen molar-refractivity contribution in [1.82, 2.24) is 9.80 Å². The minimum absolute atomic E-state index is 0.0614. The van der Waals surface area contributed by atoms with Crippen LogP contribution in [0.3, 0.4) is 0 Å². The van der Waals surface area contributed by atoms with Gasteiger partial charge < -0.3 is 14.9 Å². The Balaban J connectivity index is 1.68.